The van der Waals surface area contributed by atoms with Gasteiger partial charge in [-0.15, -0.1) is 0 Å². The summed E-state index contributed by atoms with van der Waals surface area (Å²) in [4.78, 5) is 12.6. The topological polar surface area (TPSA) is 17.1 Å². The fourth-order valence-corrected chi connectivity index (χ4v) is 3.68. The molecular weight excluding hydrogens is 232 g/mol. The molecule has 0 amide bonds. The molecule has 2 rings (SSSR count). The highest BCUT2D eigenvalue weighted by Crippen LogP contribution is 2.45. The van der Waals surface area contributed by atoms with Gasteiger partial charge in [-0.1, -0.05) is 65.8 Å². The van der Waals surface area contributed by atoms with Crippen LogP contribution in [-0.2, 0) is 16.6 Å². The van der Waals surface area contributed by atoms with Gasteiger partial charge in [0.2, 0.25) is 0 Å². The lowest BCUT2D eigenvalue weighted by atomic mass is 9.57. The number of carbonyl (C=O) groups excluding carboxylic acids is 1. The Morgan fingerprint density at radius 2 is 1.47 bits per heavy atom. The van der Waals surface area contributed by atoms with E-state index in [9.17, 15) is 4.79 Å². The molecule has 0 aliphatic heterocycles. The lowest BCUT2D eigenvalue weighted by Crippen LogP contribution is -2.48. The van der Waals surface area contributed by atoms with Crippen LogP contribution in [-0.4, -0.2) is 5.78 Å². The Morgan fingerprint density at radius 3 is 2.00 bits per heavy atom. The molecule has 0 saturated carbocycles. The van der Waals surface area contributed by atoms with Gasteiger partial charge in [0, 0.05) is 6.42 Å². The molecule has 0 N–H and O–H groups in total. The van der Waals surface area contributed by atoms with Crippen molar-refractivity contribution >= 4 is 5.78 Å². The summed E-state index contributed by atoms with van der Waals surface area (Å²) in [6.45, 7) is 12.7. The summed E-state index contributed by atoms with van der Waals surface area (Å²) < 4.78 is 0. The van der Waals surface area contributed by atoms with E-state index < -0.39 is 0 Å². The maximum Gasteiger partial charge on any atom is 0.144 e. The molecule has 0 unspecified atom stereocenters. The van der Waals surface area contributed by atoms with E-state index >= 15 is 0 Å². The van der Waals surface area contributed by atoms with Crippen LogP contribution in [0.4, 0.5) is 0 Å². The lowest BCUT2D eigenvalue weighted by molar-refractivity contribution is -0.129. The summed E-state index contributed by atoms with van der Waals surface area (Å²) in [5.74, 6) is 1.15. The van der Waals surface area contributed by atoms with E-state index in [0.29, 0.717) is 24.0 Å². The van der Waals surface area contributed by atoms with E-state index in [-0.39, 0.29) is 5.41 Å². The number of Topliss-reactive ketones (excluding diaryl/α,β-unsaturated/α-hetero) is 1. The van der Waals surface area contributed by atoms with Crippen molar-refractivity contribution in [2.75, 3.05) is 0 Å². The zero-order chi connectivity index (χ0) is 14.6. The van der Waals surface area contributed by atoms with Gasteiger partial charge in [-0.2, -0.15) is 0 Å². The SMILES string of the molecule is CC.CC(C)C1(C(C)C)C(=O)CCc2ccccc21. The Bertz CT molecular complexity index is 421. The predicted octanol–water partition coefficient (Wildman–Crippen LogP) is 4.78. The van der Waals surface area contributed by atoms with E-state index in [2.05, 4.69) is 52.0 Å². The third-order valence-electron chi connectivity index (χ3n) is 4.37. The van der Waals surface area contributed by atoms with Gasteiger partial charge < -0.3 is 0 Å². The van der Waals surface area contributed by atoms with Crippen molar-refractivity contribution < 1.29 is 4.79 Å². The number of fused-ring (bicyclic) bond motifs is 1. The van der Waals surface area contributed by atoms with Gasteiger partial charge in [0.05, 0.1) is 5.41 Å². The minimum Gasteiger partial charge on any atom is -0.299 e. The number of aryl methyl sites for hydroxylation is 1. The second-order valence-electron chi connectivity index (χ2n) is 5.76. The molecule has 0 radical (unpaired) electrons. The number of rotatable bonds is 2. The fourth-order valence-electron chi connectivity index (χ4n) is 3.68. The third kappa shape index (κ3) is 2.48. The Morgan fingerprint density at radius 1 is 0.947 bits per heavy atom. The summed E-state index contributed by atoms with van der Waals surface area (Å²) in [5, 5.41) is 0. The Labute approximate surface area is 118 Å². The molecule has 0 bridgehead atoms. The van der Waals surface area contributed by atoms with Crippen LogP contribution in [0.15, 0.2) is 24.3 Å². The molecule has 0 heterocycles. The first-order valence-electron chi connectivity index (χ1n) is 7.63. The Balaban J connectivity index is 0.000000861. The summed E-state index contributed by atoms with van der Waals surface area (Å²) in [6.07, 6.45) is 1.61. The molecule has 0 spiro atoms. The molecule has 0 fully saturated rings. The normalized spacial score (nSPS) is 16.9. The number of hydrogen-bond donors (Lipinski definition) is 0. The summed E-state index contributed by atoms with van der Waals surface area (Å²) in [6, 6.07) is 8.49. The lowest BCUT2D eigenvalue weighted by Gasteiger charge is -2.44. The predicted molar refractivity (Wildman–Crippen MR) is 82.5 cm³/mol. The van der Waals surface area contributed by atoms with E-state index in [1.807, 2.05) is 13.8 Å². The van der Waals surface area contributed by atoms with Gasteiger partial charge in [0.25, 0.3) is 0 Å². The van der Waals surface area contributed by atoms with Crippen molar-refractivity contribution in [2.45, 2.75) is 59.8 Å². The molecular formula is C18H28O. The third-order valence-corrected chi connectivity index (χ3v) is 4.37. The van der Waals surface area contributed by atoms with Gasteiger partial charge in [0.15, 0.2) is 0 Å². The number of carbonyl (C=O) groups is 1. The van der Waals surface area contributed by atoms with Gasteiger partial charge in [-0.05, 0) is 29.4 Å². The molecule has 1 nitrogen and oxygen atoms in total. The van der Waals surface area contributed by atoms with E-state index in [4.69, 9.17) is 0 Å². The first kappa shape index (κ1) is 15.9. The van der Waals surface area contributed by atoms with Crippen LogP contribution in [0.25, 0.3) is 0 Å². The number of benzene rings is 1. The average molecular weight is 260 g/mol. The molecule has 1 aliphatic carbocycles. The van der Waals surface area contributed by atoms with Crippen LogP contribution in [0.3, 0.4) is 0 Å². The fraction of sp³-hybridized carbons (Fsp3) is 0.611. The molecule has 1 aromatic carbocycles. The van der Waals surface area contributed by atoms with Crippen molar-refractivity contribution in [2.24, 2.45) is 11.8 Å². The van der Waals surface area contributed by atoms with Crippen molar-refractivity contribution in [1.82, 2.24) is 0 Å². The second kappa shape index (κ2) is 6.36. The molecule has 1 heteroatoms. The van der Waals surface area contributed by atoms with Crippen LogP contribution < -0.4 is 0 Å². The standard InChI is InChI=1S/C16H22O.C2H6/c1-11(2)16(12(3)4)14-8-6-5-7-13(14)9-10-15(16)17;1-2/h5-8,11-12H,9-10H2,1-4H3;1-2H3. The zero-order valence-electron chi connectivity index (χ0n) is 13.3. The van der Waals surface area contributed by atoms with Crippen molar-refractivity contribution in [3.05, 3.63) is 35.4 Å². The highest BCUT2D eigenvalue weighted by Gasteiger charge is 2.47. The molecule has 0 aromatic heterocycles. The summed E-state index contributed by atoms with van der Waals surface area (Å²) in [7, 11) is 0. The van der Waals surface area contributed by atoms with Crippen LogP contribution in [0.2, 0.25) is 0 Å². The van der Waals surface area contributed by atoms with Crippen LogP contribution in [0.5, 0.6) is 0 Å². The van der Waals surface area contributed by atoms with Gasteiger partial charge >= 0.3 is 0 Å². The average Bonchev–Trinajstić information content (AvgIpc) is 2.40. The first-order valence-corrected chi connectivity index (χ1v) is 7.63. The maximum atomic E-state index is 12.6. The minimum atomic E-state index is -0.269. The van der Waals surface area contributed by atoms with Crippen molar-refractivity contribution in [1.29, 1.82) is 0 Å². The van der Waals surface area contributed by atoms with Crippen LogP contribution in [0, 0.1) is 11.8 Å². The highest BCUT2D eigenvalue weighted by atomic mass is 16.1. The highest BCUT2D eigenvalue weighted by molar-refractivity contribution is 5.93. The van der Waals surface area contributed by atoms with Gasteiger partial charge in [-0.3, -0.25) is 4.79 Å². The van der Waals surface area contributed by atoms with E-state index in [1.54, 1.807) is 0 Å². The van der Waals surface area contributed by atoms with E-state index in [0.717, 1.165) is 6.42 Å². The minimum absolute atomic E-state index is 0.269. The Hall–Kier alpha value is -1.11. The molecule has 19 heavy (non-hydrogen) atoms. The molecule has 1 aromatic rings. The molecule has 0 atom stereocenters. The summed E-state index contributed by atoms with van der Waals surface area (Å²) in [5.41, 5.74) is 2.38. The van der Waals surface area contributed by atoms with Crippen LogP contribution in [0.1, 0.15) is 59.1 Å². The van der Waals surface area contributed by atoms with Crippen molar-refractivity contribution in [3.63, 3.8) is 0 Å². The van der Waals surface area contributed by atoms with Gasteiger partial charge in [0.1, 0.15) is 5.78 Å². The smallest absolute Gasteiger partial charge is 0.144 e. The maximum absolute atomic E-state index is 12.6. The monoisotopic (exact) mass is 260 g/mol. The van der Waals surface area contributed by atoms with Crippen molar-refractivity contribution in [3.8, 4) is 0 Å². The molecule has 0 saturated heterocycles. The first-order chi connectivity index (χ1) is 9.01. The van der Waals surface area contributed by atoms with Crippen LogP contribution >= 0.6 is 0 Å². The summed E-state index contributed by atoms with van der Waals surface area (Å²) >= 11 is 0. The van der Waals surface area contributed by atoms with E-state index in [1.165, 1.54) is 11.1 Å². The number of ketones is 1. The molecule has 1 aliphatic rings. The largest absolute Gasteiger partial charge is 0.299 e. The second-order valence-corrected chi connectivity index (χ2v) is 5.76. The van der Waals surface area contributed by atoms with Gasteiger partial charge in [-0.25, -0.2) is 0 Å². The quantitative estimate of drug-likeness (QED) is 0.748. The molecule has 106 valence electrons. The zero-order valence-corrected chi connectivity index (χ0v) is 13.3. The number of hydrogen-bond acceptors (Lipinski definition) is 1. The Kier molecular flexibility index (Phi) is 5.34.